The van der Waals surface area contributed by atoms with E-state index in [1.165, 1.54) is 17.4 Å². The predicted molar refractivity (Wildman–Crippen MR) is 208 cm³/mol. The molecule has 1 aromatic carbocycles. The highest BCUT2D eigenvalue weighted by atomic mass is 35.5. The summed E-state index contributed by atoms with van der Waals surface area (Å²) in [6, 6.07) is 5.59. The number of halogens is 1. The van der Waals surface area contributed by atoms with Gasteiger partial charge >= 0.3 is 0 Å². The number of likely N-dealkylation sites (N-methyl/N-ethyl adjacent to an activating group) is 1. The number of β-amino-alcohol motifs (C(OH)–C–C–N with tert-alkyl or cyclic N) is 1. The van der Waals surface area contributed by atoms with Crippen LogP contribution in [0.5, 0.6) is 5.75 Å². The van der Waals surface area contributed by atoms with Gasteiger partial charge in [0.15, 0.2) is 0 Å². The van der Waals surface area contributed by atoms with Gasteiger partial charge in [0.2, 0.25) is 0 Å². The molecule has 5 aliphatic rings. The van der Waals surface area contributed by atoms with E-state index in [0.717, 1.165) is 93.7 Å². The lowest BCUT2D eigenvalue weighted by Gasteiger charge is -2.51. The number of amides is 1. The number of anilines is 1. The molecule has 2 bridgehead atoms. The quantitative estimate of drug-likeness (QED) is 0.146. The summed E-state index contributed by atoms with van der Waals surface area (Å²) in [5.74, 6) is 1.04. The van der Waals surface area contributed by atoms with Crippen molar-refractivity contribution >= 4 is 40.8 Å². The van der Waals surface area contributed by atoms with Gasteiger partial charge in [0, 0.05) is 69.1 Å². The fraction of sp³-hybridized carbons (Fsp3) is 0.650. The van der Waals surface area contributed by atoms with Crippen LogP contribution < -0.4 is 19.7 Å². The maximum Gasteiger partial charge on any atom is 0.292 e. The molecule has 1 amide bonds. The normalized spacial score (nSPS) is 33.8. The lowest BCUT2D eigenvalue weighted by molar-refractivity contribution is -0.105. The van der Waals surface area contributed by atoms with E-state index in [-0.39, 0.29) is 40.2 Å². The van der Waals surface area contributed by atoms with Crippen molar-refractivity contribution in [1.29, 1.82) is 5.41 Å². The second kappa shape index (κ2) is 16.7. The SMILES string of the molecule is CCCC1=C(C2COc3ccc4cc3N(C2)CC2CCC2C(O)(CN2CCC(C=N)=C(NC)C2)CCC[C@H](C)C(C)[S+]([O-])NC4=O)C=CC(Cl)C1. The number of nitrogens with zero attached hydrogens (tertiary/aromatic N) is 2. The van der Waals surface area contributed by atoms with Gasteiger partial charge in [-0.1, -0.05) is 44.4 Å². The van der Waals surface area contributed by atoms with E-state index in [0.29, 0.717) is 31.7 Å². The molecule has 1 fully saturated rings. The van der Waals surface area contributed by atoms with E-state index in [1.807, 2.05) is 26.1 Å². The van der Waals surface area contributed by atoms with E-state index in [9.17, 15) is 14.5 Å². The third kappa shape index (κ3) is 8.51. The summed E-state index contributed by atoms with van der Waals surface area (Å²) in [5.41, 5.74) is 5.27. The number of hydrogen-bond acceptors (Lipinski definition) is 8. The number of ether oxygens (including phenoxy) is 1. The summed E-state index contributed by atoms with van der Waals surface area (Å²) in [6.07, 6.45) is 13.8. The first-order valence-electron chi connectivity index (χ1n) is 19.2. The maximum absolute atomic E-state index is 13.5. The molecule has 280 valence electrons. The average molecular weight is 740 g/mol. The van der Waals surface area contributed by atoms with Crippen molar-refractivity contribution in [1.82, 2.24) is 14.9 Å². The smallest absolute Gasteiger partial charge is 0.292 e. The van der Waals surface area contributed by atoms with Crippen molar-refractivity contribution in [3.63, 3.8) is 0 Å². The molecule has 11 heteroatoms. The molecule has 9 nitrogen and oxygen atoms in total. The number of rotatable bonds is 7. The maximum atomic E-state index is 13.5. The van der Waals surface area contributed by atoms with Gasteiger partial charge in [0.25, 0.3) is 5.91 Å². The summed E-state index contributed by atoms with van der Waals surface area (Å²) < 4.78 is 22.8. The summed E-state index contributed by atoms with van der Waals surface area (Å²) in [6.45, 7) is 10.4. The molecule has 1 aromatic rings. The van der Waals surface area contributed by atoms with E-state index in [2.05, 4.69) is 45.8 Å². The lowest BCUT2D eigenvalue weighted by Crippen LogP contribution is -2.57. The molecule has 3 aliphatic heterocycles. The minimum atomic E-state index is -1.56. The fourth-order valence-electron chi connectivity index (χ4n) is 9.05. The second-order valence-electron chi connectivity index (χ2n) is 15.7. The Kier molecular flexibility index (Phi) is 12.5. The first-order valence-corrected chi connectivity index (χ1v) is 20.8. The molecule has 8 atom stereocenters. The minimum Gasteiger partial charge on any atom is -0.593 e. The highest BCUT2D eigenvalue weighted by molar-refractivity contribution is 7.90. The van der Waals surface area contributed by atoms with Gasteiger partial charge in [-0.2, -0.15) is 4.72 Å². The Balaban J connectivity index is 1.35. The van der Waals surface area contributed by atoms with Gasteiger partial charge in [-0.15, -0.1) is 11.6 Å². The molecule has 0 aromatic heterocycles. The minimum absolute atomic E-state index is 0.00384. The molecular weight excluding hydrogens is 682 g/mol. The van der Waals surface area contributed by atoms with Crippen LogP contribution in [0, 0.1) is 29.1 Å². The number of fused-ring (bicyclic) bond motifs is 2. The van der Waals surface area contributed by atoms with E-state index >= 15 is 0 Å². The van der Waals surface area contributed by atoms with Gasteiger partial charge in [-0.25, -0.2) is 0 Å². The van der Waals surface area contributed by atoms with Crippen LogP contribution in [-0.2, 0) is 11.4 Å². The number of carbonyl (C=O) groups excluding carboxylic acids is 1. The third-order valence-electron chi connectivity index (χ3n) is 12.4. The Bertz CT molecular complexity index is 1530. The van der Waals surface area contributed by atoms with Gasteiger partial charge in [-0.3, -0.25) is 9.69 Å². The fourth-order valence-corrected chi connectivity index (χ4v) is 10.4. The van der Waals surface area contributed by atoms with Crippen LogP contribution in [0.25, 0.3) is 0 Å². The molecule has 0 spiro atoms. The molecule has 1 saturated carbocycles. The monoisotopic (exact) mass is 739 g/mol. The van der Waals surface area contributed by atoms with Crippen LogP contribution in [0.1, 0.15) is 88.9 Å². The van der Waals surface area contributed by atoms with E-state index in [4.69, 9.17) is 21.7 Å². The number of allylic oxidation sites excluding steroid dienone is 3. The lowest BCUT2D eigenvalue weighted by atomic mass is 9.62. The third-order valence-corrected chi connectivity index (χ3v) is 14.2. The van der Waals surface area contributed by atoms with Crippen LogP contribution >= 0.6 is 11.6 Å². The Morgan fingerprint density at radius 3 is 2.80 bits per heavy atom. The topological polar surface area (TPSA) is 124 Å². The van der Waals surface area contributed by atoms with Crippen LogP contribution in [0.2, 0.25) is 0 Å². The van der Waals surface area contributed by atoms with Crippen molar-refractivity contribution in [3.8, 4) is 5.75 Å². The van der Waals surface area contributed by atoms with E-state index < -0.39 is 17.0 Å². The highest BCUT2D eigenvalue weighted by Crippen LogP contribution is 2.47. The summed E-state index contributed by atoms with van der Waals surface area (Å²) >= 11 is 5.06. The second-order valence-corrected chi connectivity index (χ2v) is 17.8. The van der Waals surface area contributed by atoms with Gasteiger partial charge in [0.05, 0.1) is 34.6 Å². The number of nitrogens with one attached hydrogen (secondary N) is 3. The molecular formula is C40H58ClN5O4S. The standard InChI is InChI=1S/C40H58ClN5O4S/c1-5-7-28-18-33(41)11-12-34(28)32-22-46-21-31-9-13-35(31)40(48,25-45-17-15-30(20-42)36(23-45)43-4)16-6-8-26(2)27(3)51(49)44-39(47)29-10-14-38(50-24-32)37(46)19-29/h10-12,14,19-20,26-27,31-33,35,42-43,48H,5-9,13,15-18,21-25H2,1-4H3,(H,44,47)/t26-,27?,31?,32?,33?,35?,40?,51?/m0/s1. The Morgan fingerprint density at radius 1 is 1.25 bits per heavy atom. The molecule has 51 heavy (non-hydrogen) atoms. The van der Waals surface area contributed by atoms with Crippen LogP contribution in [0.15, 0.2) is 52.8 Å². The van der Waals surface area contributed by atoms with Crippen molar-refractivity contribution < 1.29 is 19.2 Å². The number of benzene rings is 1. The molecule has 0 saturated heterocycles. The predicted octanol–water partition coefficient (Wildman–Crippen LogP) is 6.35. The average Bonchev–Trinajstić information content (AvgIpc) is 3.28. The highest BCUT2D eigenvalue weighted by Gasteiger charge is 2.48. The van der Waals surface area contributed by atoms with Gasteiger partial charge in [0.1, 0.15) is 11.0 Å². The van der Waals surface area contributed by atoms with E-state index in [1.54, 1.807) is 6.07 Å². The summed E-state index contributed by atoms with van der Waals surface area (Å²) in [7, 11) is 1.92. The van der Waals surface area contributed by atoms with Gasteiger partial charge < -0.3 is 30.0 Å². The molecule has 2 aliphatic carbocycles. The Labute approximate surface area is 313 Å². The Hall–Kier alpha value is -2.50. The molecule has 7 unspecified atom stereocenters. The van der Waals surface area contributed by atoms with Crippen LogP contribution in [0.3, 0.4) is 0 Å². The zero-order chi connectivity index (χ0) is 36.3. The molecule has 4 N–H and O–H groups in total. The zero-order valence-corrected chi connectivity index (χ0v) is 32.5. The largest absolute Gasteiger partial charge is 0.593 e. The number of aliphatic hydroxyl groups is 1. The molecule has 6 rings (SSSR count). The number of carbonyl (C=O) groups is 1. The summed E-state index contributed by atoms with van der Waals surface area (Å²) in [5, 5.41) is 23.8. The number of hydrogen-bond donors (Lipinski definition) is 4. The first-order chi connectivity index (χ1) is 24.5. The van der Waals surface area contributed by atoms with Crippen molar-refractivity contribution in [2.24, 2.45) is 23.7 Å². The Morgan fingerprint density at radius 2 is 2.08 bits per heavy atom. The molecule has 3 heterocycles. The van der Waals surface area contributed by atoms with Crippen molar-refractivity contribution in [3.05, 3.63) is 58.3 Å². The van der Waals surface area contributed by atoms with Gasteiger partial charge in [-0.05, 0) is 93.1 Å². The first kappa shape index (κ1) is 38.2. The summed E-state index contributed by atoms with van der Waals surface area (Å²) in [4.78, 5) is 18.3. The number of alkyl halides is 1. The molecule has 0 radical (unpaired) electrons. The van der Waals surface area contributed by atoms with Crippen molar-refractivity contribution in [2.45, 2.75) is 94.8 Å². The van der Waals surface area contributed by atoms with Crippen LogP contribution in [0.4, 0.5) is 5.69 Å². The van der Waals surface area contributed by atoms with Crippen molar-refractivity contribution in [2.75, 3.05) is 51.3 Å². The van der Waals surface area contributed by atoms with Crippen LogP contribution in [-0.4, -0.2) is 89.3 Å². The zero-order valence-electron chi connectivity index (χ0n) is 30.9.